The van der Waals surface area contributed by atoms with E-state index in [-0.39, 0.29) is 17.7 Å². The van der Waals surface area contributed by atoms with Crippen molar-refractivity contribution in [2.75, 3.05) is 6.61 Å². The maximum atomic E-state index is 12.9. The second-order valence-electron chi connectivity index (χ2n) is 6.95. The van der Waals surface area contributed by atoms with Crippen LogP contribution < -0.4 is 0 Å². The van der Waals surface area contributed by atoms with Crippen LogP contribution in [-0.4, -0.2) is 22.9 Å². The lowest BCUT2D eigenvalue weighted by atomic mass is 10.0. The molecule has 0 saturated heterocycles. The number of aromatic nitrogens is 1. The Balaban J connectivity index is 1.83. The summed E-state index contributed by atoms with van der Waals surface area (Å²) in [5.41, 5.74) is 2.71. The maximum absolute atomic E-state index is 12.9. The van der Waals surface area contributed by atoms with E-state index in [1.54, 1.807) is 0 Å². The lowest BCUT2D eigenvalue weighted by Crippen LogP contribution is -2.15. The van der Waals surface area contributed by atoms with Crippen molar-refractivity contribution in [3.05, 3.63) is 45.4 Å². The van der Waals surface area contributed by atoms with Gasteiger partial charge in [-0.25, -0.2) is 0 Å². The Morgan fingerprint density at radius 3 is 2.84 bits per heavy atom. The summed E-state index contributed by atoms with van der Waals surface area (Å²) >= 11 is 1.46. The van der Waals surface area contributed by atoms with E-state index < -0.39 is 0 Å². The molecule has 0 saturated carbocycles. The van der Waals surface area contributed by atoms with E-state index in [1.807, 2.05) is 35.1 Å². The molecule has 25 heavy (non-hydrogen) atoms. The molecule has 0 N–H and O–H groups in total. The minimum Gasteiger partial charge on any atom is -0.465 e. The van der Waals surface area contributed by atoms with Crippen molar-refractivity contribution in [3.63, 3.8) is 0 Å². The Labute approximate surface area is 152 Å². The molecule has 0 aromatic carbocycles. The fourth-order valence-electron chi connectivity index (χ4n) is 3.36. The summed E-state index contributed by atoms with van der Waals surface area (Å²) in [4.78, 5) is 26.1. The predicted octanol–water partition coefficient (Wildman–Crippen LogP) is 4.42. The van der Waals surface area contributed by atoms with Crippen LogP contribution in [0.3, 0.4) is 0 Å². The number of carbonyl (C=O) groups excluding carboxylic acids is 2. The van der Waals surface area contributed by atoms with Gasteiger partial charge in [-0.05, 0) is 48.3 Å². The first-order chi connectivity index (χ1) is 12.0. The summed E-state index contributed by atoms with van der Waals surface area (Å²) in [6.07, 6.45) is 2.37. The van der Waals surface area contributed by atoms with E-state index in [2.05, 4.69) is 13.8 Å². The van der Waals surface area contributed by atoms with Gasteiger partial charge in [-0.15, -0.1) is 11.3 Å². The van der Waals surface area contributed by atoms with E-state index >= 15 is 0 Å². The Morgan fingerprint density at radius 1 is 1.40 bits per heavy atom. The molecule has 1 aliphatic rings. The third kappa shape index (κ3) is 3.56. The number of esters is 1. The number of hydrogen-bond acceptors (Lipinski definition) is 4. The van der Waals surface area contributed by atoms with Crippen LogP contribution in [0, 0.1) is 5.92 Å². The highest BCUT2D eigenvalue weighted by Crippen LogP contribution is 2.35. The zero-order valence-electron chi connectivity index (χ0n) is 15.1. The number of thiophene rings is 1. The second kappa shape index (κ2) is 7.56. The highest BCUT2D eigenvalue weighted by molar-refractivity contribution is 7.12. The number of aryl methyl sites for hydroxylation is 1. The zero-order chi connectivity index (χ0) is 18.0. The van der Waals surface area contributed by atoms with Crippen molar-refractivity contribution in [2.45, 2.75) is 52.5 Å². The minimum absolute atomic E-state index is 0.0620. The van der Waals surface area contributed by atoms with Crippen molar-refractivity contribution in [3.8, 4) is 0 Å². The molecule has 0 fully saturated rings. The molecule has 0 bridgehead atoms. The van der Waals surface area contributed by atoms with Gasteiger partial charge < -0.3 is 9.30 Å². The third-order valence-electron chi connectivity index (χ3n) is 4.77. The van der Waals surface area contributed by atoms with E-state index in [4.69, 9.17) is 4.74 Å². The fourth-order valence-corrected chi connectivity index (χ4v) is 4.02. The van der Waals surface area contributed by atoms with Crippen LogP contribution in [-0.2, 0) is 22.5 Å². The molecule has 3 heterocycles. The molecule has 1 atom stereocenters. The summed E-state index contributed by atoms with van der Waals surface area (Å²) < 4.78 is 7.51. The van der Waals surface area contributed by atoms with Crippen LogP contribution in [0.25, 0.3) is 0 Å². The Bertz CT molecular complexity index is 758. The first-order valence-electron chi connectivity index (χ1n) is 9.00. The maximum Gasteiger partial charge on any atom is 0.315 e. The molecule has 4 nitrogen and oxygen atoms in total. The highest BCUT2D eigenvalue weighted by Gasteiger charge is 2.35. The number of ketones is 1. The Hall–Kier alpha value is -1.88. The number of fused-ring (bicyclic) bond motifs is 1. The topological polar surface area (TPSA) is 48.3 Å². The van der Waals surface area contributed by atoms with E-state index in [1.165, 1.54) is 11.3 Å². The summed E-state index contributed by atoms with van der Waals surface area (Å²) in [5.74, 6) is 0.172. The van der Waals surface area contributed by atoms with Crippen LogP contribution >= 0.6 is 11.3 Å². The second-order valence-corrected chi connectivity index (χ2v) is 7.89. The molecule has 0 radical (unpaired) electrons. The summed E-state index contributed by atoms with van der Waals surface area (Å²) in [6.45, 7) is 7.45. The zero-order valence-corrected chi connectivity index (χ0v) is 15.9. The number of nitrogens with zero attached hydrogens (tertiary/aromatic N) is 1. The molecule has 1 aliphatic heterocycles. The molecular weight excluding hydrogens is 334 g/mol. The van der Waals surface area contributed by atoms with Gasteiger partial charge in [0, 0.05) is 12.2 Å². The van der Waals surface area contributed by atoms with Gasteiger partial charge in [0.1, 0.15) is 0 Å². The number of rotatable bonds is 7. The van der Waals surface area contributed by atoms with Gasteiger partial charge in [-0.2, -0.15) is 0 Å². The van der Waals surface area contributed by atoms with Gasteiger partial charge >= 0.3 is 5.97 Å². The average molecular weight is 359 g/mol. The first kappa shape index (κ1) is 17.9. The van der Waals surface area contributed by atoms with Gasteiger partial charge in [0.2, 0.25) is 5.78 Å². The van der Waals surface area contributed by atoms with E-state index in [0.717, 1.165) is 34.7 Å². The lowest BCUT2D eigenvalue weighted by Gasteiger charge is -2.11. The largest absolute Gasteiger partial charge is 0.465 e. The summed E-state index contributed by atoms with van der Waals surface area (Å²) in [5, 5.41) is 1.92. The van der Waals surface area contributed by atoms with Gasteiger partial charge in [0.15, 0.2) is 0 Å². The van der Waals surface area contributed by atoms with Crippen molar-refractivity contribution in [2.24, 2.45) is 5.92 Å². The molecule has 2 aromatic heterocycles. The van der Waals surface area contributed by atoms with Gasteiger partial charge in [-0.3, -0.25) is 9.59 Å². The SMILES string of the molecule is CCc1cc2n(c1C(=O)c1cccs1)CCC2C(=O)OCCC(C)C. The Morgan fingerprint density at radius 2 is 2.20 bits per heavy atom. The van der Waals surface area contributed by atoms with Crippen LogP contribution in [0.2, 0.25) is 0 Å². The van der Waals surface area contributed by atoms with Crippen LogP contribution in [0.4, 0.5) is 0 Å². The molecule has 2 aromatic rings. The molecule has 0 spiro atoms. The molecular formula is C20H25NO3S. The molecule has 5 heteroatoms. The first-order valence-corrected chi connectivity index (χ1v) is 9.88. The van der Waals surface area contributed by atoms with Crippen molar-refractivity contribution in [1.29, 1.82) is 0 Å². The van der Waals surface area contributed by atoms with E-state index in [0.29, 0.717) is 25.5 Å². The third-order valence-corrected chi connectivity index (χ3v) is 5.64. The molecule has 0 aliphatic carbocycles. The minimum atomic E-state index is -0.248. The van der Waals surface area contributed by atoms with Gasteiger partial charge in [-0.1, -0.05) is 26.8 Å². The van der Waals surface area contributed by atoms with Crippen LogP contribution in [0.15, 0.2) is 23.6 Å². The fraction of sp³-hybridized carbons (Fsp3) is 0.500. The smallest absolute Gasteiger partial charge is 0.315 e. The van der Waals surface area contributed by atoms with Crippen molar-refractivity contribution < 1.29 is 14.3 Å². The van der Waals surface area contributed by atoms with Crippen LogP contribution in [0.5, 0.6) is 0 Å². The number of ether oxygens (including phenoxy) is 1. The molecule has 134 valence electrons. The molecule has 0 amide bonds. The Kier molecular flexibility index (Phi) is 5.42. The van der Waals surface area contributed by atoms with Crippen LogP contribution in [0.1, 0.15) is 66.2 Å². The molecule has 1 unspecified atom stereocenters. The number of hydrogen-bond donors (Lipinski definition) is 0. The normalized spacial score (nSPS) is 16.2. The lowest BCUT2D eigenvalue weighted by molar-refractivity contribution is -0.145. The summed E-state index contributed by atoms with van der Waals surface area (Å²) in [7, 11) is 0. The molecule has 3 rings (SSSR count). The number of carbonyl (C=O) groups is 2. The van der Waals surface area contributed by atoms with Crippen molar-refractivity contribution in [1.82, 2.24) is 4.57 Å². The highest BCUT2D eigenvalue weighted by atomic mass is 32.1. The van der Waals surface area contributed by atoms with Gasteiger partial charge in [0.25, 0.3) is 0 Å². The monoisotopic (exact) mass is 359 g/mol. The van der Waals surface area contributed by atoms with E-state index in [9.17, 15) is 9.59 Å². The summed E-state index contributed by atoms with van der Waals surface area (Å²) in [6, 6.07) is 5.79. The quantitative estimate of drug-likeness (QED) is 0.543. The predicted molar refractivity (Wildman–Crippen MR) is 99.3 cm³/mol. The standard InChI is InChI=1S/C20H25NO3S/c1-4-14-12-16-15(20(23)24-10-8-13(2)3)7-9-21(16)18(14)19(22)17-6-5-11-25-17/h5-6,11-13,15H,4,7-10H2,1-3H3. The van der Waals surface area contributed by atoms with Crippen molar-refractivity contribution >= 4 is 23.1 Å². The van der Waals surface area contributed by atoms with Gasteiger partial charge in [0.05, 0.1) is 23.1 Å². The average Bonchev–Trinajstić information content (AvgIpc) is 3.29.